The third kappa shape index (κ3) is 14.1. The fraction of sp³-hybridized carbons (Fsp3) is 0.433. The molecular weight excluding hydrogens is 1350 g/mol. The van der Waals surface area contributed by atoms with Gasteiger partial charge in [-0.2, -0.15) is 0 Å². The van der Waals surface area contributed by atoms with E-state index in [-0.39, 0.29) is 51.6 Å². The lowest BCUT2D eigenvalue weighted by Crippen LogP contribution is -2.64. The number of benzene rings is 5. The molecule has 3 saturated heterocycles. The lowest BCUT2D eigenvalue weighted by atomic mass is 9.86. The van der Waals surface area contributed by atoms with E-state index in [1.54, 1.807) is 6.92 Å². The maximum atomic E-state index is 16.4. The van der Waals surface area contributed by atoms with Gasteiger partial charge in [0.1, 0.15) is 89.5 Å². The van der Waals surface area contributed by atoms with Crippen molar-refractivity contribution in [3.63, 3.8) is 0 Å². The number of ether oxygens (including phenoxy) is 6. The first kappa shape index (κ1) is 72.8. The Hall–Kier alpha value is -9.49. The average Bonchev–Trinajstić information content (AvgIpc) is 1.16. The molecule has 5 aromatic rings. The molecule has 0 spiro atoms. The predicted molar refractivity (Wildman–Crippen MR) is 347 cm³/mol. The van der Waals surface area contributed by atoms with Gasteiger partial charge in [0.25, 0.3) is 0 Å². The van der Waals surface area contributed by atoms with Crippen LogP contribution < -0.4 is 52.3 Å². The van der Waals surface area contributed by atoms with E-state index in [2.05, 4.69) is 26.6 Å². The van der Waals surface area contributed by atoms with Crippen molar-refractivity contribution in [2.75, 3.05) is 20.7 Å². The molecule has 101 heavy (non-hydrogen) atoms. The number of carbonyl (C=O) groups is 8. The Labute approximate surface area is 579 Å². The molecule has 0 aromatic heterocycles. The third-order valence-electron chi connectivity index (χ3n) is 19.0. The highest BCUT2D eigenvalue weighted by molar-refractivity contribution is 6.32. The SMILES string of the molecule is CNC1CC(C)N(C2C(=O)NC(CC(N)=O)C(=O)NC3C(=O)N(C)C4C(=O)NC(C(=O)NC(C(=O)O)c5cc(O)cc(O)c5-c5cc4ccc5O)C(O)c4ccc(c(C)c4)Oc4cc3cc(c4OC3OC(CO)C(O)C(O)C3OC3CC(C)(N)C(O)C(C)O3)Oc3ccc(cc3Cl)C2O)C1=O. The second kappa shape index (κ2) is 28.5. The minimum absolute atomic E-state index is 0.0944. The Bertz CT molecular complexity index is 4150. The number of primary amides is 1. The number of carboxylic acid groups (broad SMARTS) is 1. The van der Waals surface area contributed by atoms with Crippen molar-refractivity contribution in [1.29, 1.82) is 0 Å². The molecule has 8 aliphatic rings. The van der Waals surface area contributed by atoms with Gasteiger partial charge >= 0.3 is 5.97 Å². The molecule has 0 aliphatic carbocycles. The van der Waals surface area contributed by atoms with Gasteiger partial charge in [-0.1, -0.05) is 29.8 Å². The van der Waals surface area contributed by atoms with Crippen LogP contribution in [0.4, 0.5) is 0 Å². The monoisotopic (exact) mass is 1430 g/mol. The van der Waals surface area contributed by atoms with E-state index in [9.17, 15) is 70.2 Å². The summed E-state index contributed by atoms with van der Waals surface area (Å²) in [7, 11) is 2.54. The van der Waals surface area contributed by atoms with Gasteiger partial charge in [0.15, 0.2) is 29.9 Å². The van der Waals surface area contributed by atoms with Gasteiger partial charge in [-0.3, -0.25) is 33.6 Å². The molecule has 8 aliphatic heterocycles. The number of phenols is 3. The number of fused-ring (bicyclic) bond motifs is 15. The highest BCUT2D eigenvalue weighted by atomic mass is 35.5. The fourth-order valence-electron chi connectivity index (χ4n) is 13.7. The molecular formula is C67H76ClN9O24. The molecule has 33 nitrogen and oxygen atoms in total. The maximum Gasteiger partial charge on any atom is 0.330 e. The summed E-state index contributed by atoms with van der Waals surface area (Å²) >= 11 is 7.13. The predicted octanol–water partition coefficient (Wildman–Crippen LogP) is -0.438. The van der Waals surface area contributed by atoms with Gasteiger partial charge in [-0.15, -0.1) is 0 Å². The number of nitrogens with two attached hydrogens (primary N) is 2. The fourth-order valence-corrected chi connectivity index (χ4v) is 13.9. The van der Waals surface area contributed by atoms with Crippen molar-refractivity contribution in [3.8, 4) is 57.1 Å². The quantitative estimate of drug-likeness (QED) is 0.0843. The van der Waals surface area contributed by atoms with Crippen molar-refractivity contribution < 1.29 is 118 Å². The number of carbonyl (C=O) groups excluding carboxylic acids is 7. The summed E-state index contributed by atoms with van der Waals surface area (Å²) in [6.45, 7) is 5.13. The van der Waals surface area contributed by atoms with Crippen LogP contribution in [0.25, 0.3) is 11.1 Å². The number of aliphatic carboxylic acids is 1. The molecule has 5 aromatic carbocycles. The smallest absolute Gasteiger partial charge is 0.330 e. The largest absolute Gasteiger partial charge is 0.508 e. The Balaban J connectivity index is 1.18. The average molecular weight is 1430 g/mol. The number of likely N-dealkylation sites (tertiary alicyclic amines) is 1. The zero-order valence-electron chi connectivity index (χ0n) is 54.8. The number of phenolic OH excluding ortho intramolecular Hbond substituents is 3. The molecule has 13 rings (SSSR count). The molecule has 19 unspecified atom stereocenters. The van der Waals surface area contributed by atoms with Crippen molar-refractivity contribution in [2.45, 2.75) is 162 Å². The zero-order chi connectivity index (χ0) is 73.3. The van der Waals surface area contributed by atoms with Gasteiger partial charge in [0, 0.05) is 47.8 Å². The number of nitrogens with one attached hydrogen (secondary N) is 5. The van der Waals surface area contributed by atoms with Gasteiger partial charge in [0.05, 0.1) is 36.3 Å². The molecule has 11 bridgehead atoms. The number of amides is 7. The lowest BCUT2D eigenvalue weighted by Gasteiger charge is -2.47. The van der Waals surface area contributed by atoms with E-state index in [0.717, 1.165) is 59.3 Å². The molecule has 0 saturated carbocycles. The Kier molecular flexibility index (Phi) is 20.5. The second-order valence-electron chi connectivity index (χ2n) is 26.1. The Morgan fingerprint density at radius 2 is 1.42 bits per heavy atom. The van der Waals surface area contributed by atoms with E-state index in [1.807, 2.05) is 0 Å². The van der Waals surface area contributed by atoms with Crippen LogP contribution in [0.3, 0.4) is 0 Å². The summed E-state index contributed by atoms with van der Waals surface area (Å²) < 4.78 is 38.8. The minimum Gasteiger partial charge on any atom is -0.508 e. The Morgan fingerprint density at radius 3 is 2.04 bits per heavy atom. The van der Waals surface area contributed by atoms with Crippen LogP contribution in [0.15, 0.2) is 78.9 Å². The summed E-state index contributed by atoms with van der Waals surface area (Å²) in [5.41, 5.74) is 8.61. The first-order valence-electron chi connectivity index (χ1n) is 31.9. The van der Waals surface area contributed by atoms with Crippen LogP contribution in [-0.4, -0.2) is 214 Å². The number of carboxylic acids is 1. The van der Waals surface area contributed by atoms with Crippen LogP contribution >= 0.6 is 11.6 Å². The summed E-state index contributed by atoms with van der Waals surface area (Å²) in [4.78, 5) is 120. The van der Waals surface area contributed by atoms with Crippen molar-refractivity contribution >= 4 is 58.9 Å². The maximum absolute atomic E-state index is 16.4. The Morgan fingerprint density at radius 1 is 0.752 bits per heavy atom. The van der Waals surface area contributed by atoms with Gasteiger partial charge < -0.3 is 127 Å². The molecule has 3 fully saturated rings. The van der Waals surface area contributed by atoms with E-state index in [4.69, 9.17) is 51.5 Å². The minimum atomic E-state index is -2.29. The molecule has 19 atom stereocenters. The number of rotatable bonds is 10. The van der Waals surface area contributed by atoms with Crippen molar-refractivity contribution in [3.05, 3.63) is 117 Å². The van der Waals surface area contributed by atoms with Crippen LogP contribution in [0.2, 0.25) is 5.02 Å². The van der Waals surface area contributed by atoms with E-state index < -0.39 is 232 Å². The molecule has 0 radical (unpaired) electrons. The number of aliphatic hydroxyl groups excluding tert-OH is 6. The third-order valence-corrected chi connectivity index (χ3v) is 19.3. The van der Waals surface area contributed by atoms with Gasteiger partial charge in [-0.25, -0.2) is 4.79 Å². The van der Waals surface area contributed by atoms with Crippen molar-refractivity contribution in [1.82, 2.24) is 36.4 Å². The number of aromatic hydroxyl groups is 3. The topological polar surface area (TPSA) is 513 Å². The van der Waals surface area contributed by atoms with Crippen molar-refractivity contribution in [2.24, 2.45) is 11.5 Å². The highest BCUT2D eigenvalue weighted by Gasteiger charge is 2.53. The van der Waals surface area contributed by atoms with Gasteiger partial charge in [-0.05, 0) is 124 Å². The van der Waals surface area contributed by atoms with Crippen LogP contribution in [0.5, 0.6) is 46.0 Å². The van der Waals surface area contributed by atoms with E-state index >= 15 is 19.2 Å². The summed E-state index contributed by atoms with van der Waals surface area (Å²) in [6.07, 6.45) is -18.3. The first-order chi connectivity index (χ1) is 47.7. The van der Waals surface area contributed by atoms with Crippen LogP contribution in [0.1, 0.15) is 104 Å². The number of halogens is 1. The number of nitrogens with zero attached hydrogens (tertiary/aromatic N) is 2. The summed E-state index contributed by atoms with van der Waals surface area (Å²) in [5.74, 6) is -14.7. The molecule has 19 N–H and O–H groups in total. The number of aryl methyl sites for hydroxylation is 1. The molecule has 7 amide bonds. The molecule has 34 heteroatoms. The molecule has 540 valence electrons. The summed E-state index contributed by atoms with van der Waals surface area (Å²) in [6, 6.07) is 0.0103. The summed E-state index contributed by atoms with van der Waals surface area (Å²) in [5, 5.41) is 127. The van der Waals surface area contributed by atoms with Crippen LogP contribution in [-0.2, 0) is 52.6 Å². The second-order valence-corrected chi connectivity index (χ2v) is 26.5. The number of aliphatic hydroxyl groups is 6. The van der Waals surface area contributed by atoms with Crippen LogP contribution in [0, 0.1) is 6.92 Å². The van der Waals surface area contributed by atoms with E-state index in [1.165, 1.54) is 64.2 Å². The number of likely N-dealkylation sites (N-methyl/N-ethyl adjacent to an activating group) is 2. The first-order valence-corrected chi connectivity index (χ1v) is 32.3. The highest BCUT2D eigenvalue weighted by Crippen LogP contribution is 2.50. The van der Waals surface area contributed by atoms with Gasteiger partial charge in [0.2, 0.25) is 53.4 Å². The normalized spacial score (nSPS) is 31.5. The number of hydrogen-bond acceptors (Lipinski definition) is 25. The molecule has 8 heterocycles. The standard InChI is InChI=1S/C67H76ClN9O24/c1-24-13-28-8-11-39(24)97-41-17-30-18-42(56(41)101-66-57(55(86)54(85)43(23-78)99-66)100-45-22-67(4,70)58(87)26(3)96-45)98-40-12-9-29(16-34(40)68)53(84)51(77-25(2)14-36(71-5)63(77)92)62(91)72-35(21-44(69)82)59(88)73-47(30)64(93)76(6)50-27-7-10-37(80)32(15-27)46-33(19-31(79)20-38(46)81)48(65(94)95)74-60(89)49(52(28)83)75-61(50)90/h7-13,15-20,25-26,35-36,43,45,47-55,57-58,66,71,78-81,83-87H,14,21-23,70H2,1-6H3,(H2,69,82)(H,72,91)(H,73,88)(H,74,89)(H,75,90)(H,94,95). The lowest BCUT2D eigenvalue weighted by molar-refractivity contribution is -0.333. The zero-order valence-corrected chi connectivity index (χ0v) is 55.6. The number of hydrogen-bond donors (Lipinski definition) is 17. The van der Waals surface area contributed by atoms with E-state index in [0.29, 0.717) is 0 Å².